The summed E-state index contributed by atoms with van der Waals surface area (Å²) in [5.74, 6) is 0.664. The van der Waals surface area contributed by atoms with E-state index in [2.05, 4.69) is 24.1 Å². The molecule has 1 aliphatic rings. The summed E-state index contributed by atoms with van der Waals surface area (Å²) in [4.78, 5) is 14.2. The zero-order valence-corrected chi connectivity index (χ0v) is 13.6. The van der Waals surface area contributed by atoms with E-state index < -0.39 is 5.54 Å². The molecule has 1 fully saturated rings. The van der Waals surface area contributed by atoms with Crippen LogP contribution in [0.15, 0.2) is 0 Å². The molecule has 2 unspecified atom stereocenters. The van der Waals surface area contributed by atoms with Crippen LogP contribution in [0.25, 0.3) is 0 Å². The molecule has 0 aromatic rings. The first-order chi connectivity index (χ1) is 9.51. The van der Waals surface area contributed by atoms with Gasteiger partial charge in [0.1, 0.15) is 0 Å². The molecule has 1 amide bonds. The molecule has 2 atom stereocenters. The summed E-state index contributed by atoms with van der Waals surface area (Å²) < 4.78 is 0. The van der Waals surface area contributed by atoms with Crippen molar-refractivity contribution in [3.05, 3.63) is 0 Å². The van der Waals surface area contributed by atoms with Crippen molar-refractivity contribution in [2.75, 3.05) is 26.2 Å². The smallest absolute Gasteiger partial charge is 0.237 e. The average molecular weight is 283 g/mol. The molecule has 0 aliphatic carbocycles. The Labute approximate surface area is 124 Å². The van der Waals surface area contributed by atoms with Crippen LogP contribution in [0.3, 0.4) is 0 Å². The second-order valence-electron chi connectivity index (χ2n) is 6.47. The van der Waals surface area contributed by atoms with Crippen molar-refractivity contribution < 1.29 is 4.79 Å². The van der Waals surface area contributed by atoms with Crippen molar-refractivity contribution in [3.63, 3.8) is 0 Å². The molecule has 0 spiro atoms. The summed E-state index contributed by atoms with van der Waals surface area (Å²) in [7, 11) is 0. The molecule has 4 nitrogen and oxygen atoms in total. The van der Waals surface area contributed by atoms with Crippen LogP contribution in [0.1, 0.15) is 59.3 Å². The Morgan fingerprint density at radius 1 is 1.40 bits per heavy atom. The van der Waals surface area contributed by atoms with Crippen molar-refractivity contribution in [2.45, 2.75) is 64.8 Å². The van der Waals surface area contributed by atoms with Crippen LogP contribution < -0.4 is 11.1 Å². The highest BCUT2D eigenvalue weighted by atomic mass is 16.1. The lowest BCUT2D eigenvalue weighted by Gasteiger charge is -2.28. The first-order valence-electron chi connectivity index (χ1n) is 8.29. The number of rotatable bonds is 10. The second-order valence-corrected chi connectivity index (χ2v) is 6.47. The number of hydrogen-bond donors (Lipinski definition) is 2. The normalized spacial score (nSPS) is 22.9. The minimum absolute atomic E-state index is 0.226. The third-order valence-electron chi connectivity index (χ3n) is 4.53. The minimum Gasteiger partial charge on any atom is -0.368 e. The topological polar surface area (TPSA) is 58.4 Å². The molecule has 0 radical (unpaired) electrons. The number of likely N-dealkylation sites (tertiary alicyclic amines) is 1. The number of hydrogen-bond acceptors (Lipinski definition) is 3. The third-order valence-corrected chi connectivity index (χ3v) is 4.53. The van der Waals surface area contributed by atoms with Gasteiger partial charge in [0.05, 0.1) is 5.54 Å². The van der Waals surface area contributed by atoms with E-state index in [1.807, 2.05) is 6.92 Å². The molecule has 3 N–H and O–H groups in total. The van der Waals surface area contributed by atoms with Gasteiger partial charge in [-0.25, -0.2) is 0 Å². The van der Waals surface area contributed by atoms with Gasteiger partial charge in [-0.3, -0.25) is 4.79 Å². The number of carbonyl (C=O) groups excluding carboxylic acids is 1. The zero-order valence-electron chi connectivity index (χ0n) is 13.6. The molecule has 4 heteroatoms. The Morgan fingerprint density at radius 3 is 2.75 bits per heavy atom. The summed E-state index contributed by atoms with van der Waals surface area (Å²) in [5, 5.41) is 3.31. The van der Waals surface area contributed by atoms with E-state index in [-0.39, 0.29) is 5.91 Å². The minimum atomic E-state index is -0.543. The molecule has 1 rings (SSSR count). The van der Waals surface area contributed by atoms with E-state index >= 15 is 0 Å². The van der Waals surface area contributed by atoms with Crippen molar-refractivity contribution in [1.82, 2.24) is 10.2 Å². The van der Waals surface area contributed by atoms with Gasteiger partial charge in [0, 0.05) is 6.54 Å². The van der Waals surface area contributed by atoms with Crippen LogP contribution in [-0.2, 0) is 4.79 Å². The fourth-order valence-electron chi connectivity index (χ4n) is 3.12. The van der Waals surface area contributed by atoms with E-state index in [1.165, 1.54) is 32.4 Å². The number of nitrogens with two attached hydrogens (primary N) is 1. The average Bonchev–Trinajstić information content (AvgIpc) is 2.84. The maximum Gasteiger partial charge on any atom is 0.237 e. The number of nitrogens with one attached hydrogen (secondary N) is 1. The predicted octanol–water partition coefficient (Wildman–Crippen LogP) is 2.13. The number of carbonyl (C=O) groups is 1. The lowest BCUT2D eigenvalue weighted by Crippen LogP contribution is -2.53. The van der Waals surface area contributed by atoms with Crippen molar-refractivity contribution in [2.24, 2.45) is 11.7 Å². The Hall–Kier alpha value is -0.610. The van der Waals surface area contributed by atoms with Gasteiger partial charge in [0.15, 0.2) is 0 Å². The van der Waals surface area contributed by atoms with Crippen molar-refractivity contribution in [3.8, 4) is 0 Å². The summed E-state index contributed by atoms with van der Waals surface area (Å²) in [6.07, 6.45) is 6.88. The maximum atomic E-state index is 11.6. The molecule has 118 valence electrons. The van der Waals surface area contributed by atoms with Crippen molar-refractivity contribution in [1.29, 1.82) is 0 Å². The summed E-state index contributed by atoms with van der Waals surface area (Å²) >= 11 is 0. The Morgan fingerprint density at radius 2 is 2.15 bits per heavy atom. The highest BCUT2D eigenvalue weighted by Gasteiger charge is 2.30. The van der Waals surface area contributed by atoms with Crippen LogP contribution in [-0.4, -0.2) is 42.5 Å². The third kappa shape index (κ3) is 5.41. The van der Waals surface area contributed by atoms with Crippen LogP contribution in [0, 0.1) is 5.92 Å². The van der Waals surface area contributed by atoms with E-state index in [0.717, 1.165) is 38.3 Å². The largest absolute Gasteiger partial charge is 0.368 e. The summed E-state index contributed by atoms with van der Waals surface area (Å²) in [5.41, 5.74) is 5.01. The van der Waals surface area contributed by atoms with Crippen LogP contribution >= 0.6 is 0 Å². The van der Waals surface area contributed by atoms with Gasteiger partial charge in [0.2, 0.25) is 5.91 Å². The molecule has 0 aromatic heterocycles. The first kappa shape index (κ1) is 17.4. The van der Waals surface area contributed by atoms with Crippen LogP contribution in [0.5, 0.6) is 0 Å². The molecular weight excluding hydrogens is 250 g/mol. The quantitative estimate of drug-likeness (QED) is 0.646. The molecule has 1 saturated heterocycles. The molecule has 0 aromatic carbocycles. The van der Waals surface area contributed by atoms with Gasteiger partial charge in [-0.05, 0) is 64.6 Å². The fourth-order valence-corrected chi connectivity index (χ4v) is 3.12. The van der Waals surface area contributed by atoms with E-state index in [1.54, 1.807) is 0 Å². The zero-order chi connectivity index (χ0) is 15.0. The van der Waals surface area contributed by atoms with Gasteiger partial charge < -0.3 is 16.0 Å². The Kier molecular flexibility index (Phi) is 7.52. The van der Waals surface area contributed by atoms with E-state index in [4.69, 9.17) is 5.73 Å². The predicted molar refractivity (Wildman–Crippen MR) is 84.6 cm³/mol. The number of amides is 1. The van der Waals surface area contributed by atoms with Crippen LogP contribution in [0.2, 0.25) is 0 Å². The second kappa shape index (κ2) is 8.63. The molecular formula is C16H33N3O. The fraction of sp³-hybridized carbons (Fsp3) is 0.938. The molecule has 0 saturated carbocycles. The van der Waals surface area contributed by atoms with Gasteiger partial charge in [-0.15, -0.1) is 0 Å². The molecule has 1 heterocycles. The van der Waals surface area contributed by atoms with Crippen molar-refractivity contribution >= 4 is 5.91 Å². The molecule has 1 aliphatic heterocycles. The van der Waals surface area contributed by atoms with E-state index in [9.17, 15) is 4.79 Å². The van der Waals surface area contributed by atoms with Crippen LogP contribution in [0.4, 0.5) is 0 Å². The number of nitrogens with zero attached hydrogens (tertiary/aromatic N) is 1. The lowest BCUT2D eigenvalue weighted by molar-refractivity contribution is -0.124. The van der Waals surface area contributed by atoms with Gasteiger partial charge in [-0.1, -0.05) is 20.3 Å². The van der Waals surface area contributed by atoms with E-state index in [0.29, 0.717) is 0 Å². The Bertz CT molecular complexity index is 295. The molecule has 0 bridgehead atoms. The van der Waals surface area contributed by atoms with Gasteiger partial charge >= 0.3 is 0 Å². The maximum absolute atomic E-state index is 11.6. The molecule has 20 heavy (non-hydrogen) atoms. The highest BCUT2D eigenvalue weighted by molar-refractivity contribution is 5.84. The standard InChI is InChI=1S/C16H33N3O/c1-4-7-14-8-12-19(13-14)11-6-9-16(3,15(17)20)18-10-5-2/h14,18H,4-13H2,1-3H3,(H2,17,20). The van der Waals surface area contributed by atoms with Gasteiger partial charge in [0.25, 0.3) is 0 Å². The monoisotopic (exact) mass is 283 g/mol. The highest BCUT2D eigenvalue weighted by Crippen LogP contribution is 2.22. The summed E-state index contributed by atoms with van der Waals surface area (Å²) in [6, 6.07) is 0. The lowest BCUT2D eigenvalue weighted by atomic mass is 9.94. The summed E-state index contributed by atoms with van der Waals surface area (Å²) in [6.45, 7) is 10.7. The SMILES string of the molecule is CCCNC(C)(CCCN1CCC(CCC)C1)C(N)=O. The number of primary amides is 1. The Balaban J connectivity index is 2.29. The first-order valence-corrected chi connectivity index (χ1v) is 8.29. The van der Waals surface area contributed by atoms with Gasteiger partial charge in [-0.2, -0.15) is 0 Å².